The van der Waals surface area contributed by atoms with Crippen molar-refractivity contribution in [2.45, 2.75) is 13.8 Å². The lowest BCUT2D eigenvalue weighted by Gasteiger charge is -2.39. The first-order chi connectivity index (χ1) is 16.1. The number of nitrogens with zero attached hydrogens (tertiary/aromatic N) is 6. The monoisotopic (exact) mass is 443 g/mol. The van der Waals surface area contributed by atoms with Gasteiger partial charge in [-0.15, -0.1) is 0 Å². The summed E-state index contributed by atoms with van der Waals surface area (Å²) in [5.41, 5.74) is 12.7. The molecule has 0 bridgehead atoms. The van der Waals surface area contributed by atoms with Crippen LogP contribution in [-0.4, -0.2) is 62.3 Å². The second-order valence-electron chi connectivity index (χ2n) is 8.94. The van der Waals surface area contributed by atoms with Gasteiger partial charge in [0.15, 0.2) is 11.6 Å². The number of anilines is 5. The molecule has 3 aromatic rings. The Morgan fingerprint density at radius 1 is 0.636 bits per heavy atom. The third-order valence-corrected chi connectivity index (χ3v) is 7.04. The molecule has 2 fully saturated rings. The summed E-state index contributed by atoms with van der Waals surface area (Å²) >= 11 is 0. The van der Waals surface area contributed by atoms with Crippen LogP contribution in [0.4, 0.5) is 28.7 Å². The summed E-state index contributed by atoms with van der Waals surface area (Å²) in [6, 6.07) is 17.1. The molecule has 0 saturated carbocycles. The van der Waals surface area contributed by atoms with Crippen LogP contribution >= 0.6 is 0 Å². The first kappa shape index (κ1) is 21.4. The normalized spacial score (nSPS) is 16.9. The number of nitrogens with two attached hydrogens (primary N) is 1. The van der Waals surface area contributed by atoms with Crippen molar-refractivity contribution >= 4 is 28.7 Å². The van der Waals surface area contributed by atoms with Gasteiger partial charge >= 0.3 is 0 Å². The summed E-state index contributed by atoms with van der Waals surface area (Å²) in [5, 5.41) is 0. The maximum atomic E-state index is 6.64. The third kappa shape index (κ3) is 4.27. The quantitative estimate of drug-likeness (QED) is 0.664. The molecule has 2 N–H and O–H groups in total. The van der Waals surface area contributed by atoms with E-state index in [0.29, 0.717) is 5.69 Å². The Labute approximate surface area is 196 Å². The van der Waals surface area contributed by atoms with E-state index in [4.69, 9.17) is 5.73 Å². The predicted molar refractivity (Wildman–Crippen MR) is 138 cm³/mol. The van der Waals surface area contributed by atoms with Crippen molar-refractivity contribution < 1.29 is 0 Å². The fourth-order valence-electron chi connectivity index (χ4n) is 4.93. The van der Waals surface area contributed by atoms with Crippen LogP contribution in [0.1, 0.15) is 11.1 Å². The number of hydrogen-bond acceptors (Lipinski definition) is 7. The van der Waals surface area contributed by atoms with E-state index in [0.717, 1.165) is 64.0 Å². The van der Waals surface area contributed by atoms with Crippen LogP contribution in [0, 0.1) is 13.8 Å². The lowest BCUT2D eigenvalue weighted by Crippen LogP contribution is -2.48. The van der Waals surface area contributed by atoms with Gasteiger partial charge < -0.3 is 25.3 Å². The molecule has 7 nitrogen and oxygen atoms in total. The topological polar surface area (TPSA) is 64.8 Å². The fourth-order valence-corrected chi connectivity index (χ4v) is 4.93. The first-order valence-electron chi connectivity index (χ1n) is 11.8. The molecule has 0 unspecified atom stereocenters. The van der Waals surface area contributed by atoms with Gasteiger partial charge in [-0.1, -0.05) is 30.3 Å². The maximum Gasteiger partial charge on any atom is 0.157 e. The van der Waals surface area contributed by atoms with Crippen LogP contribution in [-0.2, 0) is 0 Å². The van der Waals surface area contributed by atoms with Crippen LogP contribution in [0.5, 0.6) is 0 Å². The molecule has 5 rings (SSSR count). The van der Waals surface area contributed by atoms with E-state index in [9.17, 15) is 0 Å². The second kappa shape index (κ2) is 9.17. The van der Waals surface area contributed by atoms with E-state index in [1.807, 2.05) is 0 Å². The Morgan fingerprint density at radius 3 is 1.79 bits per heavy atom. The molecule has 172 valence electrons. The second-order valence-corrected chi connectivity index (χ2v) is 8.94. The maximum absolute atomic E-state index is 6.64. The molecule has 0 aliphatic carbocycles. The summed E-state index contributed by atoms with van der Waals surface area (Å²) in [4.78, 5) is 18.7. The molecule has 2 aromatic carbocycles. The third-order valence-electron chi connectivity index (χ3n) is 7.04. The minimum absolute atomic E-state index is 0.700. The number of aromatic nitrogens is 2. The zero-order valence-corrected chi connectivity index (χ0v) is 19.6. The number of hydrogen-bond donors (Lipinski definition) is 1. The average molecular weight is 444 g/mol. The van der Waals surface area contributed by atoms with E-state index >= 15 is 0 Å². The van der Waals surface area contributed by atoms with Crippen LogP contribution in [0.2, 0.25) is 0 Å². The van der Waals surface area contributed by atoms with E-state index in [2.05, 4.69) is 91.9 Å². The molecular formula is C26H33N7. The van der Waals surface area contributed by atoms with E-state index in [1.165, 1.54) is 22.5 Å². The zero-order valence-electron chi connectivity index (χ0n) is 19.6. The van der Waals surface area contributed by atoms with Gasteiger partial charge in [-0.25, -0.2) is 9.97 Å². The molecular weight excluding hydrogens is 410 g/mol. The van der Waals surface area contributed by atoms with E-state index < -0.39 is 0 Å². The summed E-state index contributed by atoms with van der Waals surface area (Å²) in [6.45, 7) is 11.8. The van der Waals surface area contributed by atoms with Gasteiger partial charge in [-0.2, -0.15) is 0 Å². The number of para-hydroxylation sites is 1. The predicted octanol–water partition coefficient (Wildman–Crippen LogP) is 3.33. The van der Waals surface area contributed by atoms with Gasteiger partial charge in [0.1, 0.15) is 12.0 Å². The molecule has 2 aliphatic rings. The average Bonchev–Trinajstić information content (AvgIpc) is 2.87. The minimum Gasteiger partial charge on any atom is -0.393 e. The van der Waals surface area contributed by atoms with Gasteiger partial charge in [-0.05, 0) is 43.2 Å². The van der Waals surface area contributed by atoms with Gasteiger partial charge in [0.05, 0.1) is 0 Å². The van der Waals surface area contributed by atoms with Gasteiger partial charge in [-0.3, -0.25) is 0 Å². The van der Waals surface area contributed by atoms with Gasteiger partial charge in [0.25, 0.3) is 0 Å². The number of piperazine rings is 2. The van der Waals surface area contributed by atoms with Crippen molar-refractivity contribution in [1.29, 1.82) is 0 Å². The SMILES string of the molecule is Cc1cccc(N2CCN(c3ncnc(N4CCN(c5ccccc5)CC4)c3N)CC2)c1C. The largest absolute Gasteiger partial charge is 0.393 e. The molecule has 33 heavy (non-hydrogen) atoms. The molecule has 2 saturated heterocycles. The molecule has 0 amide bonds. The first-order valence-corrected chi connectivity index (χ1v) is 11.8. The highest BCUT2D eigenvalue weighted by Crippen LogP contribution is 2.32. The van der Waals surface area contributed by atoms with E-state index in [-0.39, 0.29) is 0 Å². The van der Waals surface area contributed by atoms with Crippen molar-refractivity contribution in [3.05, 3.63) is 66.0 Å². The fraction of sp³-hybridized carbons (Fsp3) is 0.385. The molecule has 0 atom stereocenters. The van der Waals surface area contributed by atoms with Crippen molar-refractivity contribution in [2.75, 3.05) is 77.7 Å². The smallest absolute Gasteiger partial charge is 0.157 e. The summed E-state index contributed by atoms with van der Waals surface area (Å²) in [6.07, 6.45) is 1.67. The number of benzene rings is 2. The number of rotatable bonds is 4. The Hall–Kier alpha value is -3.48. The Bertz CT molecular complexity index is 1090. The molecule has 1 aromatic heterocycles. The van der Waals surface area contributed by atoms with Crippen molar-refractivity contribution in [2.24, 2.45) is 0 Å². The summed E-state index contributed by atoms with van der Waals surface area (Å²) in [7, 11) is 0. The molecule has 7 heteroatoms. The molecule has 0 radical (unpaired) electrons. The Balaban J connectivity index is 1.25. The van der Waals surface area contributed by atoms with Crippen molar-refractivity contribution in [3.8, 4) is 0 Å². The van der Waals surface area contributed by atoms with Crippen LogP contribution in [0.25, 0.3) is 0 Å². The van der Waals surface area contributed by atoms with Gasteiger partial charge in [0.2, 0.25) is 0 Å². The van der Waals surface area contributed by atoms with Crippen molar-refractivity contribution in [3.63, 3.8) is 0 Å². The Morgan fingerprint density at radius 2 is 1.18 bits per heavy atom. The molecule has 0 spiro atoms. The van der Waals surface area contributed by atoms with Gasteiger partial charge in [0, 0.05) is 63.7 Å². The molecule has 3 heterocycles. The van der Waals surface area contributed by atoms with E-state index in [1.54, 1.807) is 6.33 Å². The highest BCUT2D eigenvalue weighted by Gasteiger charge is 2.25. The number of aryl methyl sites for hydroxylation is 1. The van der Waals surface area contributed by atoms with Crippen LogP contribution in [0.3, 0.4) is 0 Å². The molecule has 2 aliphatic heterocycles. The Kier molecular flexibility index (Phi) is 5.94. The highest BCUT2D eigenvalue weighted by atomic mass is 15.3. The lowest BCUT2D eigenvalue weighted by molar-refractivity contribution is 0.639. The lowest BCUT2D eigenvalue weighted by atomic mass is 10.1. The zero-order chi connectivity index (χ0) is 22.8. The standard InChI is InChI=1S/C26H33N7/c1-20-7-6-10-23(21(20)2)31-13-17-33(18-14-31)26-24(27)25(28-19-29-26)32-15-11-30(12-16-32)22-8-4-3-5-9-22/h3-10,19H,11-18,27H2,1-2H3. The van der Waals surface area contributed by atoms with Crippen LogP contribution < -0.4 is 25.3 Å². The van der Waals surface area contributed by atoms with Crippen LogP contribution in [0.15, 0.2) is 54.9 Å². The minimum atomic E-state index is 0.700. The summed E-state index contributed by atoms with van der Waals surface area (Å²) < 4.78 is 0. The van der Waals surface area contributed by atoms with Crippen molar-refractivity contribution in [1.82, 2.24) is 9.97 Å². The summed E-state index contributed by atoms with van der Waals surface area (Å²) in [5.74, 6) is 1.73. The number of nitrogen functional groups attached to an aromatic ring is 1. The highest BCUT2D eigenvalue weighted by molar-refractivity contribution is 5.76.